The number of nitriles is 1. The molecule has 0 heterocycles. The van der Waals surface area contributed by atoms with Crippen molar-refractivity contribution < 1.29 is 4.79 Å². The summed E-state index contributed by atoms with van der Waals surface area (Å²) >= 11 is 0. The summed E-state index contributed by atoms with van der Waals surface area (Å²) in [5.41, 5.74) is 1.07. The maximum atomic E-state index is 11.0. The van der Waals surface area contributed by atoms with Gasteiger partial charge in [-0.1, -0.05) is 30.3 Å². The van der Waals surface area contributed by atoms with Crippen LogP contribution in [0.25, 0.3) is 0 Å². The molecule has 1 atom stereocenters. The lowest BCUT2D eigenvalue weighted by Crippen LogP contribution is -2.03. The van der Waals surface area contributed by atoms with Crippen LogP contribution in [0.3, 0.4) is 0 Å². The van der Waals surface area contributed by atoms with Crippen LogP contribution in [0.5, 0.6) is 0 Å². The minimum absolute atomic E-state index is 0.0544. The van der Waals surface area contributed by atoms with Gasteiger partial charge in [-0.15, -0.1) is 0 Å². The van der Waals surface area contributed by atoms with Gasteiger partial charge in [-0.25, -0.2) is 0 Å². The van der Waals surface area contributed by atoms with E-state index in [0.717, 1.165) is 5.56 Å². The number of Topliss-reactive ketones (excluding diaryl/α,β-unsaturated/α-hetero) is 1. The highest BCUT2D eigenvalue weighted by Crippen LogP contribution is 2.22. The smallest absolute Gasteiger partial charge is 0.130 e. The fourth-order valence-corrected chi connectivity index (χ4v) is 1.49. The van der Waals surface area contributed by atoms with Gasteiger partial charge in [0.05, 0.1) is 6.07 Å². The van der Waals surface area contributed by atoms with E-state index in [0.29, 0.717) is 12.8 Å². The molecule has 0 N–H and O–H groups in total. The lowest BCUT2D eigenvalue weighted by Gasteiger charge is -2.11. The Kier molecular flexibility index (Phi) is 3.87. The van der Waals surface area contributed by atoms with Gasteiger partial charge >= 0.3 is 0 Å². The average molecular weight is 187 g/mol. The zero-order chi connectivity index (χ0) is 10.4. The molecular weight excluding hydrogens is 174 g/mol. The number of carbonyl (C=O) groups is 1. The highest BCUT2D eigenvalue weighted by molar-refractivity contribution is 5.76. The number of benzene rings is 1. The zero-order valence-electron chi connectivity index (χ0n) is 8.23. The van der Waals surface area contributed by atoms with Crippen LogP contribution < -0.4 is 0 Å². The van der Waals surface area contributed by atoms with Gasteiger partial charge < -0.3 is 4.79 Å². The third-order valence-electron chi connectivity index (χ3n) is 2.14. The average Bonchev–Trinajstić information content (AvgIpc) is 2.18. The molecule has 0 radical (unpaired) electrons. The van der Waals surface area contributed by atoms with Gasteiger partial charge in [-0.05, 0) is 12.5 Å². The highest BCUT2D eigenvalue weighted by Gasteiger charge is 2.12. The first-order valence-electron chi connectivity index (χ1n) is 4.65. The number of ketones is 1. The Bertz CT molecular complexity index is 337. The van der Waals surface area contributed by atoms with Gasteiger partial charge in [-0.2, -0.15) is 5.26 Å². The summed E-state index contributed by atoms with van der Waals surface area (Å²) in [6.45, 7) is 1.56. The number of hydrogen-bond acceptors (Lipinski definition) is 2. The predicted octanol–water partition coefficient (Wildman–Crippen LogP) is 2.66. The van der Waals surface area contributed by atoms with Gasteiger partial charge in [-0.3, -0.25) is 0 Å². The van der Waals surface area contributed by atoms with Crippen LogP contribution in [-0.4, -0.2) is 5.78 Å². The molecule has 72 valence electrons. The van der Waals surface area contributed by atoms with Gasteiger partial charge in [0.25, 0.3) is 0 Å². The number of hydrogen-bond donors (Lipinski definition) is 0. The van der Waals surface area contributed by atoms with E-state index in [1.807, 2.05) is 30.3 Å². The Labute approximate surface area is 84.2 Å². The second-order valence-corrected chi connectivity index (χ2v) is 3.38. The molecule has 14 heavy (non-hydrogen) atoms. The Morgan fingerprint density at radius 3 is 2.57 bits per heavy atom. The molecule has 0 aliphatic carbocycles. The maximum absolute atomic E-state index is 11.0. The van der Waals surface area contributed by atoms with Crippen molar-refractivity contribution in [3.05, 3.63) is 35.9 Å². The largest absolute Gasteiger partial charge is 0.300 e. The van der Waals surface area contributed by atoms with Crippen molar-refractivity contribution in [2.24, 2.45) is 0 Å². The summed E-state index contributed by atoms with van der Waals surface area (Å²) < 4.78 is 0. The van der Waals surface area contributed by atoms with E-state index in [1.54, 1.807) is 6.92 Å². The first kappa shape index (κ1) is 10.5. The van der Waals surface area contributed by atoms with Crippen molar-refractivity contribution in [2.45, 2.75) is 25.7 Å². The third-order valence-corrected chi connectivity index (χ3v) is 2.14. The standard InChI is InChI=1S/C12H13NO/c1-10(14)9-12(7-8-13)11-5-3-2-4-6-11/h2-6,12H,7,9H2,1H3/t12-/m1/s1. The molecule has 0 aromatic heterocycles. The molecule has 2 nitrogen and oxygen atoms in total. The molecule has 0 saturated carbocycles. The minimum atomic E-state index is 0.0544. The van der Waals surface area contributed by atoms with Gasteiger partial charge in [0, 0.05) is 18.8 Å². The van der Waals surface area contributed by atoms with Crippen molar-refractivity contribution in [3.63, 3.8) is 0 Å². The number of carbonyl (C=O) groups excluding carboxylic acids is 1. The molecule has 0 bridgehead atoms. The van der Waals surface area contributed by atoms with Gasteiger partial charge in [0.15, 0.2) is 0 Å². The molecule has 0 amide bonds. The van der Waals surface area contributed by atoms with E-state index >= 15 is 0 Å². The Balaban J connectivity index is 2.78. The zero-order valence-corrected chi connectivity index (χ0v) is 8.23. The summed E-state index contributed by atoms with van der Waals surface area (Å²) in [4.78, 5) is 11.0. The van der Waals surface area contributed by atoms with E-state index in [4.69, 9.17) is 5.26 Å². The van der Waals surface area contributed by atoms with Crippen LogP contribution >= 0.6 is 0 Å². The monoisotopic (exact) mass is 187 g/mol. The Morgan fingerprint density at radius 1 is 1.43 bits per heavy atom. The summed E-state index contributed by atoms with van der Waals surface area (Å²) in [5.74, 6) is 0.188. The molecule has 1 aromatic carbocycles. The van der Waals surface area contributed by atoms with E-state index in [1.165, 1.54) is 0 Å². The molecule has 0 unspecified atom stereocenters. The van der Waals surface area contributed by atoms with Gasteiger partial charge in [0.1, 0.15) is 5.78 Å². The van der Waals surface area contributed by atoms with Crippen molar-refractivity contribution in [2.75, 3.05) is 0 Å². The van der Waals surface area contributed by atoms with Crippen LogP contribution in [0.15, 0.2) is 30.3 Å². The fraction of sp³-hybridized carbons (Fsp3) is 0.333. The molecule has 0 fully saturated rings. The molecule has 0 aliphatic rings. The van der Waals surface area contributed by atoms with E-state index in [-0.39, 0.29) is 11.7 Å². The highest BCUT2D eigenvalue weighted by atomic mass is 16.1. The number of nitrogens with zero attached hydrogens (tertiary/aromatic N) is 1. The molecule has 1 rings (SSSR count). The minimum Gasteiger partial charge on any atom is -0.300 e. The predicted molar refractivity (Wildman–Crippen MR) is 54.7 cm³/mol. The summed E-state index contributed by atoms with van der Waals surface area (Å²) in [5, 5.41) is 8.65. The van der Waals surface area contributed by atoms with E-state index < -0.39 is 0 Å². The van der Waals surface area contributed by atoms with Crippen molar-refractivity contribution in [1.29, 1.82) is 5.26 Å². The second kappa shape index (κ2) is 5.18. The molecule has 0 aliphatic heterocycles. The molecule has 0 spiro atoms. The molecule has 0 saturated heterocycles. The Hall–Kier alpha value is -1.62. The third kappa shape index (κ3) is 3.02. The van der Waals surface area contributed by atoms with Crippen LogP contribution in [0.2, 0.25) is 0 Å². The summed E-state index contributed by atoms with van der Waals surface area (Å²) in [6, 6.07) is 11.8. The first-order chi connectivity index (χ1) is 6.74. The molecular formula is C12H13NO. The fourth-order valence-electron chi connectivity index (χ4n) is 1.49. The van der Waals surface area contributed by atoms with Crippen LogP contribution in [0.1, 0.15) is 31.2 Å². The maximum Gasteiger partial charge on any atom is 0.130 e. The van der Waals surface area contributed by atoms with Crippen molar-refractivity contribution in [3.8, 4) is 6.07 Å². The van der Waals surface area contributed by atoms with Crippen molar-refractivity contribution in [1.82, 2.24) is 0 Å². The summed E-state index contributed by atoms with van der Waals surface area (Å²) in [7, 11) is 0. The lowest BCUT2D eigenvalue weighted by atomic mass is 9.92. The Morgan fingerprint density at radius 2 is 2.07 bits per heavy atom. The topological polar surface area (TPSA) is 40.9 Å². The van der Waals surface area contributed by atoms with Crippen LogP contribution in [-0.2, 0) is 4.79 Å². The van der Waals surface area contributed by atoms with E-state index in [2.05, 4.69) is 6.07 Å². The number of rotatable bonds is 4. The van der Waals surface area contributed by atoms with Crippen LogP contribution in [0, 0.1) is 11.3 Å². The summed E-state index contributed by atoms with van der Waals surface area (Å²) in [6.07, 6.45) is 0.862. The SMILES string of the molecule is CC(=O)C[C@@H](CC#N)c1ccccc1. The van der Waals surface area contributed by atoms with Gasteiger partial charge in [0.2, 0.25) is 0 Å². The van der Waals surface area contributed by atoms with Crippen LogP contribution in [0.4, 0.5) is 0 Å². The van der Waals surface area contributed by atoms with E-state index in [9.17, 15) is 4.79 Å². The first-order valence-corrected chi connectivity index (χ1v) is 4.65. The van der Waals surface area contributed by atoms with Crippen molar-refractivity contribution >= 4 is 5.78 Å². The lowest BCUT2D eigenvalue weighted by molar-refractivity contribution is -0.117. The normalized spacial score (nSPS) is 11.7. The quantitative estimate of drug-likeness (QED) is 0.727. The molecule has 2 heteroatoms. The molecule has 1 aromatic rings. The second-order valence-electron chi connectivity index (χ2n) is 3.38.